The Morgan fingerprint density at radius 1 is 1.06 bits per heavy atom. The van der Waals surface area contributed by atoms with Crippen LogP contribution in [0, 0.1) is 5.92 Å². The molecule has 4 rings (SSSR count). The van der Waals surface area contributed by atoms with Gasteiger partial charge in [0.2, 0.25) is 5.91 Å². The monoisotopic (exact) mass is 478 g/mol. The SMILES string of the molecule is CCCCC(NC(=O)OCC1c2ccccc2-c2ccccc21)C(=O)NC(C)(CC(=O)O)C1CC1. The molecule has 0 heterocycles. The summed E-state index contributed by atoms with van der Waals surface area (Å²) in [5.41, 5.74) is 3.72. The van der Waals surface area contributed by atoms with Gasteiger partial charge in [-0.2, -0.15) is 0 Å². The number of benzene rings is 2. The van der Waals surface area contributed by atoms with Crippen LogP contribution in [0.5, 0.6) is 0 Å². The fourth-order valence-electron chi connectivity index (χ4n) is 5.15. The van der Waals surface area contributed by atoms with E-state index in [0.717, 1.165) is 47.9 Å². The highest BCUT2D eigenvalue weighted by Crippen LogP contribution is 2.44. The van der Waals surface area contributed by atoms with Gasteiger partial charge < -0.3 is 20.5 Å². The molecule has 7 nitrogen and oxygen atoms in total. The van der Waals surface area contributed by atoms with Gasteiger partial charge in [-0.25, -0.2) is 4.79 Å². The van der Waals surface area contributed by atoms with Gasteiger partial charge in [-0.3, -0.25) is 9.59 Å². The predicted molar refractivity (Wildman–Crippen MR) is 133 cm³/mol. The van der Waals surface area contributed by atoms with Gasteiger partial charge in [-0.15, -0.1) is 0 Å². The molecule has 2 amide bonds. The Morgan fingerprint density at radius 3 is 2.20 bits per heavy atom. The number of amides is 2. The number of fused-ring (bicyclic) bond motifs is 3. The third kappa shape index (κ3) is 5.66. The summed E-state index contributed by atoms with van der Waals surface area (Å²) >= 11 is 0. The van der Waals surface area contributed by atoms with Crippen LogP contribution in [-0.2, 0) is 14.3 Å². The first-order valence-electron chi connectivity index (χ1n) is 12.5. The van der Waals surface area contributed by atoms with Crippen LogP contribution in [0.4, 0.5) is 4.79 Å². The first-order chi connectivity index (χ1) is 16.8. The largest absolute Gasteiger partial charge is 0.481 e. The van der Waals surface area contributed by atoms with Crippen LogP contribution in [0.2, 0.25) is 0 Å². The number of alkyl carbamates (subject to hydrolysis) is 1. The number of carbonyl (C=O) groups excluding carboxylic acids is 2. The lowest BCUT2D eigenvalue weighted by Gasteiger charge is -2.31. The fourth-order valence-corrected chi connectivity index (χ4v) is 5.15. The smallest absolute Gasteiger partial charge is 0.407 e. The molecule has 2 aromatic rings. The summed E-state index contributed by atoms with van der Waals surface area (Å²) in [5, 5.41) is 15.0. The second kappa shape index (κ2) is 10.5. The maximum atomic E-state index is 13.1. The molecule has 0 aromatic heterocycles. The van der Waals surface area contributed by atoms with Crippen molar-refractivity contribution in [3.8, 4) is 11.1 Å². The minimum Gasteiger partial charge on any atom is -0.481 e. The number of aliphatic carboxylic acids is 1. The number of carbonyl (C=O) groups is 3. The van der Waals surface area contributed by atoms with Crippen LogP contribution in [0.25, 0.3) is 11.1 Å². The molecule has 0 aliphatic heterocycles. The number of hydrogen-bond acceptors (Lipinski definition) is 4. The predicted octanol–water partition coefficient (Wildman–Crippen LogP) is 4.84. The van der Waals surface area contributed by atoms with Crippen LogP contribution >= 0.6 is 0 Å². The summed E-state index contributed by atoms with van der Waals surface area (Å²) in [4.78, 5) is 37.3. The van der Waals surface area contributed by atoms with Gasteiger partial charge in [0.1, 0.15) is 12.6 Å². The fraction of sp³-hybridized carbons (Fsp3) is 0.464. The zero-order valence-corrected chi connectivity index (χ0v) is 20.4. The summed E-state index contributed by atoms with van der Waals surface area (Å²) < 4.78 is 5.63. The van der Waals surface area contributed by atoms with Crippen LogP contribution < -0.4 is 10.6 Å². The van der Waals surface area contributed by atoms with E-state index in [-0.39, 0.29) is 30.8 Å². The van der Waals surface area contributed by atoms with Crippen molar-refractivity contribution < 1.29 is 24.2 Å². The first kappa shape index (κ1) is 24.8. The van der Waals surface area contributed by atoms with E-state index in [0.29, 0.717) is 6.42 Å². The minimum absolute atomic E-state index is 0.0650. The lowest BCUT2D eigenvalue weighted by molar-refractivity contribution is -0.139. The molecule has 3 N–H and O–H groups in total. The highest BCUT2D eigenvalue weighted by atomic mass is 16.5. The van der Waals surface area contributed by atoms with Crippen molar-refractivity contribution >= 4 is 18.0 Å². The van der Waals surface area contributed by atoms with Gasteiger partial charge >= 0.3 is 12.1 Å². The van der Waals surface area contributed by atoms with Gasteiger partial charge in [0.15, 0.2) is 0 Å². The number of rotatable bonds is 11. The molecule has 7 heteroatoms. The number of carboxylic acids is 1. The maximum Gasteiger partial charge on any atom is 0.407 e. The van der Waals surface area contributed by atoms with Gasteiger partial charge in [0, 0.05) is 5.92 Å². The number of ether oxygens (including phenoxy) is 1. The van der Waals surface area contributed by atoms with E-state index in [1.165, 1.54) is 0 Å². The molecule has 1 saturated carbocycles. The number of carboxylic acid groups (broad SMARTS) is 1. The molecular formula is C28H34N2O5. The maximum absolute atomic E-state index is 13.1. The van der Waals surface area contributed by atoms with Crippen molar-refractivity contribution in [1.82, 2.24) is 10.6 Å². The van der Waals surface area contributed by atoms with Crippen molar-refractivity contribution in [3.05, 3.63) is 59.7 Å². The van der Waals surface area contributed by atoms with Crippen molar-refractivity contribution in [2.75, 3.05) is 6.61 Å². The van der Waals surface area contributed by atoms with E-state index < -0.39 is 23.6 Å². The van der Waals surface area contributed by atoms with E-state index in [1.807, 2.05) is 31.2 Å². The number of unbranched alkanes of at least 4 members (excludes halogenated alkanes) is 1. The molecule has 2 atom stereocenters. The van der Waals surface area contributed by atoms with Crippen molar-refractivity contribution in [2.45, 2.75) is 69.9 Å². The Labute approximate surface area is 206 Å². The normalized spacial score (nSPS) is 17.0. The standard InChI is InChI=1S/C28H34N2O5/c1-3-4-13-24(26(33)30-28(2,16-25(31)32)18-14-15-18)29-27(34)35-17-23-21-11-7-5-9-19(21)20-10-6-8-12-22(20)23/h5-12,18,23-24H,3-4,13-17H2,1-2H3,(H,29,34)(H,30,33)(H,31,32). The lowest BCUT2D eigenvalue weighted by atomic mass is 9.91. The van der Waals surface area contributed by atoms with E-state index in [4.69, 9.17) is 4.74 Å². The molecule has 2 aliphatic carbocycles. The minimum atomic E-state index is -0.950. The van der Waals surface area contributed by atoms with Crippen LogP contribution in [0.1, 0.15) is 69.4 Å². The second-order valence-electron chi connectivity index (χ2n) is 9.92. The molecule has 186 valence electrons. The van der Waals surface area contributed by atoms with E-state index in [9.17, 15) is 19.5 Å². The number of hydrogen-bond donors (Lipinski definition) is 3. The Morgan fingerprint density at radius 2 is 1.66 bits per heavy atom. The van der Waals surface area contributed by atoms with Gasteiger partial charge in [-0.05, 0) is 54.4 Å². The third-order valence-corrected chi connectivity index (χ3v) is 7.20. The third-order valence-electron chi connectivity index (χ3n) is 7.20. The van der Waals surface area contributed by atoms with E-state index in [2.05, 4.69) is 34.9 Å². The topological polar surface area (TPSA) is 105 Å². The molecule has 2 unspecified atom stereocenters. The summed E-state index contributed by atoms with van der Waals surface area (Å²) in [5.74, 6) is -1.23. The Kier molecular flexibility index (Phi) is 7.43. The Hall–Kier alpha value is -3.35. The Balaban J connectivity index is 1.41. The first-order valence-corrected chi connectivity index (χ1v) is 12.5. The van der Waals surface area contributed by atoms with E-state index in [1.54, 1.807) is 6.92 Å². The van der Waals surface area contributed by atoms with Gasteiger partial charge in [-0.1, -0.05) is 68.3 Å². The summed E-state index contributed by atoms with van der Waals surface area (Å²) in [6.45, 7) is 3.96. The molecule has 0 radical (unpaired) electrons. The molecule has 2 aliphatic rings. The second-order valence-corrected chi connectivity index (χ2v) is 9.92. The highest BCUT2D eigenvalue weighted by Gasteiger charge is 2.45. The average molecular weight is 479 g/mol. The van der Waals surface area contributed by atoms with Crippen molar-refractivity contribution in [2.24, 2.45) is 5.92 Å². The van der Waals surface area contributed by atoms with Crippen molar-refractivity contribution in [3.63, 3.8) is 0 Å². The van der Waals surface area contributed by atoms with E-state index >= 15 is 0 Å². The highest BCUT2D eigenvalue weighted by molar-refractivity contribution is 5.87. The van der Waals surface area contributed by atoms with Crippen molar-refractivity contribution in [1.29, 1.82) is 0 Å². The summed E-state index contributed by atoms with van der Waals surface area (Å²) in [6.07, 6.45) is 3.07. The van der Waals surface area contributed by atoms with Crippen LogP contribution in [0.15, 0.2) is 48.5 Å². The molecular weight excluding hydrogens is 444 g/mol. The number of nitrogens with one attached hydrogen (secondary N) is 2. The van der Waals surface area contributed by atoms with Gasteiger partial charge in [0.05, 0.1) is 12.0 Å². The average Bonchev–Trinajstić information content (AvgIpc) is 3.64. The van der Waals surface area contributed by atoms with Crippen LogP contribution in [0.3, 0.4) is 0 Å². The molecule has 0 bridgehead atoms. The Bertz CT molecular complexity index is 1050. The summed E-state index contributed by atoms with van der Waals surface area (Å²) in [6, 6.07) is 15.5. The zero-order chi connectivity index (χ0) is 25.0. The molecule has 1 fully saturated rings. The van der Waals surface area contributed by atoms with Gasteiger partial charge in [0.25, 0.3) is 0 Å². The molecule has 0 spiro atoms. The lowest BCUT2D eigenvalue weighted by Crippen LogP contribution is -2.56. The summed E-state index contributed by atoms with van der Waals surface area (Å²) in [7, 11) is 0. The molecule has 0 saturated heterocycles. The van der Waals surface area contributed by atoms with Crippen LogP contribution in [-0.4, -0.2) is 41.3 Å². The molecule has 35 heavy (non-hydrogen) atoms. The quantitative estimate of drug-likeness (QED) is 0.429. The molecule has 2 aromatic carbocycles. The zero-order valence-electron chi connectivity index (χ0n) is 20.4.